The third-order valence-corrected chi connectivity index (χ3v) is 6.34. The molecule has 0 radical (unpaired) electrons. The SMILES string of the molecule is NC(=O)CCCCc1ccc(Cl)c(-c2nc(-c3ccc(OCC4CCOCC4)nc3)cc(=O)[nH]2)c1. The minimum Gasteiger partial charge on any atom is -0.477 e. The highest BCUT2D eigenvalue weighted by molar-refractivity contribution is 6.33. The molecule has 2 aromatic heterocycles. The fraction of sp³-hybridized carbons (Fsp3) is 0.385. The molecule has 35 heavy (non-hydrogen) atoms. The van der Waals surface area contributed by atoms with Gasteiger partial charge in [0.15, 0.2) is 0 Å². The number of aromatic nitrogens is 3. The lowest BCUT2D eigenvalue weighted by Gasteiger charge is -2.21. The van der Waals surface area contributed by atoms with E-state index >= 15 is 0 Å². The second-order valence-electron chi connectivity index (χ2n) is 8.72. The highest BCUT2D eigenvalue weighted by atomic mass is 35.5. The van der Waals surface area contributed by atoms with Crippen LogP contribution in [0, 0.1) is 5.92 Å². The van der Waals surface area contributed by atoms with Gasteiger partial charge in [-0.3, -0.25) is 9.59 Å². The predicted octanol–water partition coefficient (Wildman–Crippen LogP) is 4.16. The fourth-order valence-corrected chi connectivity index (χ4v) is 4.21. The van der Waals surface area contributed by atoms with Gasteiger partial charge in [0.2, 0.25) is 11.8 Å². The van der Waals surface area contributed by atoms with E-state index in [0.29, 0.717) is 52.5 Å². The number of hydrogen-bond donors (Lipinski definition) is 2. The number of carbonyl (C=O) groups excluding carboxylic acids is 1. The van der Waals surface area contributed by atoms with Gasteiger partial charge in [0, 0.05) is 49.1 Å². The van der Waals surface area contributed by atoms with Crippen LogP contribution in [0.5, 0.6) is 5.88 Å². The summed E-state index contributed by atoms with van der Waals surface area (Å²) in [6.07, 6.45) is 6.32. The number of amides is 1. The number of aryl methyl sites for hydroxylation is 1. The monoisotopic (exact) mass is 496 g/mol. The number of ether oxygens (including phenoxy) is 2. The van der Waals surface area contributed by atoms with Crippen LogP contribution in [0.25, 0.3) is 22.6 Å². The number of halogens is 1. The number of H-pyrrole nitrogens is 1. The van der Waals surface area contributed by atoms with Gasteiger partial charge in [0.1, 0.15) is 5.82 Å². The van der Waals surface area contributed by atoms with Crippen molar-refractivity contribution in [3.63, 3.8) is 0 Å². The van der Waals surface area contributed by atoms with Crippen LogP contribution in [-0.2, 0) is 16.0 Å². The van der Waals surface area contributed by atoms with Crippen molar-refractivity contribution < 1.29 is 14.3 Å². The van der Waals surface area contributed by atoms with Gasteiger partial charge in [0.05, 0.1) is 17.3 Å². The lowest BCUT2D eigenvalue weighted by atomic mass is 10.0. The Balaban J connectivity index is 1.48. The summed E-state index contributed by atoms with van der Waals surface area (Å²) >= 11 is 6.44. The molecular formula is C26H29ClN4O4. The number of aromatic amines is 1. The Morgan fingerprint density at radius 3 is 2.74 bits per heavy atom. The predicted molar refractivity (Wildman–Crippen MR) is 134 cm³/mol. The Hall–Kier alpha value is -3.23. The summed E-state index contributed by atoms with van der Waals surface area (Å²) in [7, 11) is 0. The van der Waals surface area contributed by atoms with E-state index in [1.807, 2.05) is 18.2 Å². The first kappa shape index (κ1) is 24.9. The number of benzene rings is 1. The third kappa shape index (κ3) is 7.13. The second kappa shape index (κ2) is 12.0. The standard InChI is InChI=1S/C26H29ClN4O4/c27-21-7-5-17(3-1-2-4-23(28)32)13-20(21)26-30-22(14-24(33)31-26)19-6-8-25(29-15-19)35-16-18-9-11-34-12-10-18/h5-8,13-15,18H,1-4,9-12,16H2,(H2,28,32)(H,30,31,33). The highest BCUT2D eigenvalue weighted by Gasteiger charge is 2.15. The van der Waals surface area contributed by atoms with Crippen LogP contribution >= 0.6 is 11.6 Å². The molecule has 9 heteroatoms. The molecule has 0 aliphatic carbocycles. The summed E-state index contributed by atoms with van der Waals surface area (Å²) in [6, 6.07) is 10.7. The molecule has 1 aromatic carbocycles. The molecule has 4 rings (SSSR count). The molecule has 1 saturated heterocycles. The fourth-order valence-electron chi connectivity index (χ4n) is 4.00. The quantitative estimate of drug-likeness (QED) is 0.407. The van der Waals surface area contributed by atoms with Crippen LogP contribution in [0.3, 0.4) is 0 Å². The van der Waals surface area contributed by atoms with Crippen molar-refractivity contribution >= 4 is 17.5 Å². The number of primary amides is 1. The maximum Gasteiger partial charge on any atom is 0.251 e. The number of nitrogens with two attached hydrogens (primary N) is 1. The van der Waals surface area contributed by atoms with Gasteiger partial charge >= 0.3 is 0 Å². The molecule has 1 amide bonds. The van der Waals surface area contributed by atoms with Gasteiger partial charge in [-0.05, 0) is 61.8 Å². The zero-order valence-electron chi connectivity index (χ0n) is 19.5. The van der Waals surface area contributed by atoms with Crippen molar-refractivity contribution in [3.05, 3.63) is 63.5 Å². The van der Waals surface area contributed by atoms with E-state index in [2.05, 4.69) is 15.0 Å². The molecule has 0 spiro atoms. The summed E-state index contributed by atoms with van der Waals surface area (Å²) in [5, 5.41) is 0.487. The van der Waals surface area contributed by atoms with Gasteiger partial charge in [0.25, 0.3) is 5.56 Å². The van der Waals surface area contributed by atoms with Crippen molar-refractivity contribution in [1.29, 1.82) is 0 Å². The summed E-state index contributed by atoms with van der Waals surface area (Å²) in [4.78, 5) is 35.2. The van der Waals surface area contributed by atoms with Crippen molar-refractivity contribution in [2.24, 2.45) is 11.7 Å². The highest BCUT2D eigenvalue weighted by Crippen LogP contribution is 2.28. The van der Waals surface area contributed by atoms with Crippen molar-refractivity contribution in [1.82, 2.24) is 15.0 Å². The Kier molecular flexibility index (Phi) is 8.50. The molecule has 184 valence electrons. The molecule has 0 bridgehead atoms. The number of nitrogens with one attached hydrogen (secondary N) is 1. The van der Waals surface area contributed by atoms with Gasteiger partial charge in [-0.15, -0.1) is 0 Å². The Morgan fingerprint density at radius 2 is 2.00 bits per heavy atom. The van der Waals surface area contributed by atoms with Crippen LogP contribution < -0.4 is 16.0 Å². The first-order chi connectivity index (χ1) is 17.0. The summed E-state index contributed by atoms with van der Waals surface area (Å²) in [5.41, 5.74) is 7.80. The minimum atomic E-state index is -0.297. The van der Waals surface area contributed by atoms with Crippen molar-refractivity contribution in [3.8, 4) is 28.5 Å². The van der Waals surface area contributed by atoms with Crippen molar-refractivity contribution in [2.45, 2.75) is 38.5 Å². The zero-order chi connectivity index (χ0) is 24.6. The van der Waals surface area contributed by atoms with Crippen LogP contribution in [0.2, 0.25) is 5.02 Å². The number of rotatable bonds is 10. The molecule has 0 atom stereocenters. The van der Waals surface area contributed by atoms with E-state index < -0.39 is 0 Å². The molecule has 1 aliphatic rings. The number of unbranched alkanes of at least 4 members (excludes halogenated alkanes) is 1. The maximum atomic E-state index is 12.4. The lowest BCUT2D eigenvalue weighted by Crippen LogP contribution is -2.21. The minimum absolute atomic E-state index is 0.284. The van der Waals surface area contributed by atoms with Crippen LogP contribution in [0.15, 0.2) is 47.4 Å². The zero-order valence-corrected chi connectivity index (χ0v) is 20.2. The summed E-state index contributed by atoms with van der Waals surface area (Å²) < 4.78 is 11.2. The molecule has 1 fully saturated rings. The molecule has 3 aromatic rings. The van der Waals surface area contributed by atoms with Crippen LogP contribution in [0.1, 0.15) is 37.7 Å². The molecule has 8 nitrogen and oxygen atoms in total. The van der Waals surface area contributed by atoms with E-state index in [-0.39, 0.29) is 11.5 Å². The second-order valence-corrected chi connectivity index (χ2v) is 9.13. The smallest absolute Gasteiger partial charge is 0.251 e. The Labute approximate surface area is 208 Å². The Morgan fingerprint density at radius 1 is 1.17 bits per heavy atom. The molecule has 0 saturated carbocycles. The van der Waals surface area contributed by atoms with Crippen LogP contribution in [0.4, 0.5) is 0 Å². The first-order valence-electron chi connectivity index (χ1n) is 11.8. The van der Waals surface area contributed by atoms with Crippen molar-refractivity contribution in [2.75, 3.05) is 19.8 Å². The average molecular weight is 497 g/mol. The third-order valence-electron chi connectivity index (χ3n) is 6.01. The Bertz CT molecular complexity index is 1210. The van der Waals surface area contributed by atoms with Gasteiger partial charge in [-0.1, -0.05) is 17.7 Å². The topological polar surface area (TPSA) is 120 Å². The normalized spacial score (nSPS) is 14.1. The van der Waals surface area contributed by atoms with E-state index in [1.54, 1.807) is 18.3 Å². The van der Waals surface area contributed by atoms with E-state index in [1.165, 1.54) is 6.07 Å². The molecule has 3 N–H and O–H groups in total. The molecule has 1 aliphatic heterocycles. The summed E-state index contributed by atoms with van der Waals surface area (Å²) in [6.45, 7) is 2.17. The largest absolute Gasteiger partial charge is 0.477 e. The van der Waals surface area contributed by atoms with Gasteiger partial charge in [-0.25, -0.2) is 9.97 Å². The number of carbonyl (C=O) groups is 1. The van der Waals surface area contributed by atoms with Crippen LogP contribution in [-0.4, -0.2) is 40.7 Å². The molecule has 3 heterocycles. The molecular weight excluding hydrogens is 468 g/mol. The van der Waals surface area contributed by atoms with E-state index in [4.69, 9.17) is 26.8 Å². The number of nitrogens with zero attached hydrogens (tertiary/aromatic N) is 2. The van der Waals surface area contributed by atoms with Gasteiger partial charge < -0.3 is 20.2 Å². The number of hydrogen-bond acceptors (Lipinski definition) is 6. The number of pyridine rings is 1. The maximum absolute atomic E-state index is 12.4. The summed E-state index contributed by atoms with van der Waals surface area (Å²) in [5.74, 6) is 1.10. The average Bonchev–Trinajstić information content (AvgIpc) is 2.87. The van der Waals surface area contributed by atoms with E-state index in [9.17, 15) is 9.59 Å². The first-order valence-corrected chi connectivity index (χ1v) is 12.2. The molecule has 0 unspecified atom stereocenters. The van der Waals surface area contributed by atoms with Gasteiger partial charge in [-0.2, -0.15) is 0 Å². The van der Waals surface area contributed by atoms with E-state index in [0.717, 1.165) is 50.9 Å². The lowest BCUT2D eigenvalue weighted by molar-refractivity contribution is -0.118.